The van der Waals surface area contributed by atoms with Crippen molar-refractivity contribution in [2.24, 2.45) is 5.92 Å². The number of aliphatic hydroxyl groups excluding tert-OH is 1. The minimum atomic E-state index is -0.777. The zero-order valence-electron chi connectivity index (χ0n) is 19.4. The lowest BCUT2D eigenvalue weighted by Gasteiger charge is -2.34. The Hall–Kier alpha value is -3.89. The third kappa shape index (κ3) is 5.44. The molecule has 184 valence electrons. The van der Waals surface area contributed by atoms with Crippen molar-refractivity contribution in [1.29, 1.82) is 0 Å². The molecule has 0 amide bonds. The van der Waals surface area contributed by atoms with E-state index in [0.717, 1.165) is 31.6 Å². The minimum Gasteiger partial charge on any atom is -0.508 e. The van der Waals surface area contributed by atoms with E-state index in [1.165, 1.54) is 0 Å². The number of aliphatic hydroxyl groups is 1. The molecule has 0 aromatic carbocycles. The first-order valence-corrected chi connectivity index (χ1v) is 12.0. The molecule has 2 saturated heterocycles. The Morgan fingerprint density at radius 1 is 1.11 bits per heavy atom. The Labute approximate surface area is 203 Å². The summed E-state index contributed by atoms with van der Waals surface area (Å²) in [5.41, 5.74) is 0. The number of carboxylic acid groups (broad SMARTS) is 1. The molecular weight excluding hydrogens is 450 g/mol. The number of piperidine rings is 1. The van der Waals surface area contributed by atoms with Crippen molar-refractivity contribution in [2.45, 2.75) is 38.2 Å². The number of anilines is 4. The third-order valence-electron chi connectivity index (χ3n) is 6.46. The number of allylic oxidation sites excluding steroid dienone is 3. The van der Waals surface area contributed by atoms with Gasteiger partial charge in [0.15, 0.2) is 11.6 Å². The Bertz CT molecular complexity index is 1140. The predicted octanol–water partition coefficient (Wildman–Crippen LogP) is 3.03. The van der Waals surface area contributed by atoms with Crippen LogP contribution in [-0.4, -0.2) is 68.4 Å². The van der Waals surface area contributed by atoms with Crippen LogP contribution in [0.5, 0.6) is 0 Å². The molecule has 2 aromatic heterocycles. The highest BCUT2D eigenvalue weighted by atomic mass is 16.5. The summed E-state index contributed by atoms with van der Waals surface area (Å²) >= 11 is 0. The van der Waals surface area contributed by atoms with Crippen molar-refractivity contribution in [3.8, 4) is 0 Å². The van der Waals surface area contributed by atoms with Crippen LogP contribution in [0, 0.1) is 5.92 Å². The van der Waals surface area contributed by atoms with Gasteiger partial charge in [0.25, 0.3) is 0 Å². The monoisotopic (exact) mass is 479 g/mol. The van der Waals surface area contributed by atoms with E-state index in [9.17, 15) is 15.0 Å². The largest absolute Gasteiger partial charge is 0.508 e. The number of aromatic nitrogens is 4. The zero-order valence-corrected chi connectivity index (χ0v) is 19.4. The highest BCUT2D eigenvalue weighted by molar-refractivity contribution is 5.72. The summed E-state index contributed by atoms with van der Waals surface area (Å²) in [6, 6.07) is 1.78. The maximum atomic E-state index is 11.3. The van der Waals surface area contributed by atoms with Crippen LogP contribution in [0.2, 0.25) is 0 Å². The van der Waals surface area contributed by atoms with E-state index >= 15 is 0 Å². The van der Waals surface area contributed by atoms with Crippen LogP contribution in [0.4, 0.5) is 23.4 Å². The molecule has 0 spiro atoms. The van der Waals surface area contributed by atoms with Crippen molar-refractivity contribution in [2.75, 3.05) is 41.3 Å². The van der Waals surface area contributed by atoms with Crippen LogP contribution in [0.3, 0.4) is 0 Å². The number of aliphatic carboxylic acids is 1. The number of hydrogen-bond acceptors (Lipinski definition) is 10. The predicted molar refractivity (Wildman–Crippen MR) is 130 cm³/mol. The summed E-state index contributed by atoms with van der Waals surface area (Å²) in [5, 5.41) is 22.5. The number of rotatable bonds is 7. The van der Waals surface area contributed by atoms with Gasteiger partial charge >= 0.3 is 5.97 Å². The van der Waals surface area contributed by atoms with Gasteiger partial charge in [0.1, 0.15) is 23.5 Å². The molecule has 0 saturated carbocycles. The van der Waals surface area contributed by atoms with Gasteiger partial charge < -0.3 is 30.1 Å². The van der Waals surface area contributed by atoms with E-state index in [0.29, 0.717) is 61.6 Å². The van der Waals surface area contributed by atoms with Gasteiger partial charge in [0, 0.05) is 32.3 Å². The van der Waals surface area contributed by atoms with Crippen molar-refractivity contribution in [3.63, 3.8) is 0 Å². The number of hydrogen-bond donors (Lipinski definition) is 3. The van der Waals surface area contributed by atoms with Gasteiger partial charge in [-0.25, -0.2) is 9.97 Å². The fraction of sp³-hybridized carbons (Fsp3) is 0.458. The summed E-state index contributed by atoms with van der Waals surface area (Å²) < 4.78 is 6.08. The van der Waals surface area contributed by atoms with Gasteiger partial charge in [-0.15, -0.1) is 0 Å². The summed E-state index contributed by atoms with van der Waals surface area (Å²) in [6.45, 7) is 2.56. The van der Waals surface area contributed by atoms with Gasteiger partial charge in [-0.3, -0.25) is 9.78 Å². The zero-order chi connectivity index (χ0) is 24.2. The standard InChI is InChI=1S/C24H29N7O4/c32-18-5-1-2-6-19(18)35-17-4-3-10-30(15-17)22-13-25-12-20(27-22)28-24-26-9-7-21(29-24)31-11-8-16(14-31)23(33)34/h2,6-7,9,12-13,16-17,32H,1,3-5,8,10-11,14-15H2,(H,33,34)(H,26,27,28,29). The van der Waals surface area contributed by atoms with Crippen molar-refractivity contribution >= 4 is 29.4 Å². The lowest BCUT2D eigenvalue weighted by atomic mass is 10.1. The van der Waals surface area contributed by atoms with E-state index in [2.05, 4.69) is 25.2 Å². The number of nitrogens with zero attached hydrogens (tertiary/aromatic N) is 6. The van der Waals surface area contributed by atoms with Crippen molar-refractivity contribution in [3.05, 3.63) is 48.3 Å². The van der Waals surface area contributed by atoms with Gasteiger partial charge in [0.2, 0.25) is 5.95 Å². The fourth-order valence-electron chi connectivity index (χ4n) is 4.60. The molecule has 2 unspecified atom stereocenters. The molecule has 2 aromatic rings. The van der Waals surface area contributed by atoms with Crippen LogP contribution in [0.25, 0.3) is 0 Å². The summed E-state index contributed by atoms with van der Waals surface area (Å²) in [5.74, 6) is 2.01. The molecule has 2 aliphatic heterocycles. The van der Waals surface area contributed by atoms with Crippen LogP contribution in [-0.2, 0) is 9.53 Å². The molecule has 3 N–H and O–H groups in total. The maximum absolute atomic E-state index is 11.3. The van der Waals surface area contributed by atoms with Crippen LogP contribution in [0.15, 0.2) is 48.3 Å². The Morgan fingerprint density at radius 3 is 2.83 bits per heavy atom. The average Bonchev–Trinajstić information content (AvgIpc) is 3.37. The first kappa shape index (κ1) is 22.9. The van der Waals surface area contributed by atoms with Crippen LogP contribution < -0.4 is 15.1 Å². The molecule has 11 heteroatoms. The van der Waals surface area contributed by atoms with E-state index in [1.54, 1.807) is 24.7 Å². The normalized spacial score (nSPS) is 22.4. The first-order valence-electron chi connectivity index (χ1n) is 12.0. The Balaban J connectivity index is 1.24. The molecule has 3 aliphatic rings. The second-order valence-corrected chi connectivity index (χ2v) is 8.98. The lowest BCUT2D eigenvalue weighted by Crippen LogP contribution is -2.40. The Morgan fingerprint density at radius 2 is 2.00 bits per heavy atom. The molecule has 5 rings (SSSR count). The summed E-state index contributed by atoms with van der Waals surface area (Å²) in [6.07, 6.45) is 12.7. The molecule has 0 radical (unpaired) electrons. The highest BCUT2D eigenvalue weighted by Crippen LogP contribution is 2.26. The van der Waals surface area contributed by atoms with Crippen LogP contribution in [0.1, 0.15) is 32.1 Å². The molecule has 35 heavy (non-hydrogen) atoms. The SMILES string of the molecule is O=C(O)C1CCN(c2ccnc(Nc3cncc(N4CCCC(OC5=C(O)CCC=C5)C4)n3)n2)C1. The van der Waals surface area contributed by atoms with Gasteiger partial charge in [-0.2, -0.15) is 4.98 Å². The van der Waals surface area contributed by atoms with Crippen LogP contribution >= 0.6 is 0 Å². The first-order chi connectivity index (χ1) is 17.0. The fourth-order valence-corrected chi connectivity index (χ4v) is 4.60. The molecule has 2 atom stereocenters. The number of carbonyl (C=O) groups is 1. The Kier molecular flexibility index (Phi) is 6.64. The van der Waals surface area contributed by atoms with E-state index < -0.39 is 5.97 Å². The van der Waals surface area contributed by atoms with E-state index in [4.69, 9.17) is 9.72 Å². The number of nitrogens with one attached hydrogen (secondary N) is 1. The minimum absolute atomic E-state index is 0.0443. The topological polar surface area (TPSA) is 137 Å². The maximum Gasteiger partial charge on any atom is 0.308 e. The summed E-state index contributed by atoms with van der Waals surface area (Å²) in [7, 11) is 0. The highest BCUT2D eigenvalue weighted by Gasteiger charge is 2.29. The molecule has 2 fully saturated rings. The molecule has 11 nitrogen and oxygen atoms in total. The van der Waals surface area contributed by atoms with Crippen molar-refractivity contribution in [1.82, 2.24) is 19.9 Å². The number of ether oxygens (including phenoxy) is 1. The second kappa shape index (κ2) is 10.2. The lowest BCUT2D eigenvalue weighted by molar-refractivity contribution is -0.140. The number of carboxylic acids is 1. The van der Waals surface area contributed by atoms with Gasteiger partial charge in [-0.1, -0.05) is 6.08 Å². The molecule has 1 aliphatic carbocycles. The van der Waals surface area contributed by atoms with E-state index in [1.807, 2.05) is 17.1 Å². The third-order valence-corrected chi connectivity index (χ3v) is 6.46. The average molecular weight is 480 g/mol. The quantitative estimate of drug-likeness (QED) is 0.540. The smallest absolute Gasteiger partial charge is 0.308 e. The van der Waals surface area contributed by atoms with Gasteiger partial charge in [0.05, 0.1) is 24.9 Å². The van der Waals surface area contributed by atoms with Gasteiger partial charge in [-0.05, 0) is 37.8 Å². The van der Waals surface area contributed by atoms with Crippen molar-refractivity contribution < 1.29 is 19.7 Å². The second-order valence-electron chi connectivity index (χ2n) is 8.98. The van der Waals surface area contributed by atoms with E-state index in [-0.39, 0.29) is 12.0 Å². The molecule has 4 heterocycles. The summed E-state index contributed by atoms with van der Waals surface area (Å²) in [4.78, 5) is 33.2. The molecular formula is C24H29N7O4. The molecule has 0 bridgehead atoms.